The van der Waals surface area contributed by atoms with E-state index in [1.165, 1.54) is 22.3 Å². The summed E-state index contributed by atoms with van der Waals surface area (Å²) in [6.45, 7) is 0.537. The van der Waals surface area contributed by atoms with Gasteiger partial charge in [0.25, 0.3) is 5.56 Å². The van der Waals surface area contributed by atoms with Crippen LogP contribution in [-0.4, -0.2) is 43.2 Å². The van der Waals surface area contributed by atoms with Crippen molar-refractivity contribution in [2.24, 2.45) is 0 Å². The molecule has 0 atom stereocenters. The summed E-state index contributed by atoms with van der Waals surface area (Å²) in [7, 11) is 1.78. The minimum absolute atomic E-state index is 0.0265. The van der Waals surface area contributed by atoms with Crippen molar-refractivity contribution in [3.8, 4) is 11.4 Å². The Balaban J connectivity index is 1.55. The summed E-state index contributed by atoms with van der Waals surface area (Å²) in [5, 5.41) is 3.20. The molecule has 1 amide bonds. The highest BCUT2D eigenvalue weighted by atomic mass is 32.2. The smallest absolute Gasteiger partial charge is 0.266 e. The third-order valence-corrected chi connectivity index (χ3v) is 5.29. The van der Waals surface area contributed by atoms with Gasteiger partial charge in [0.2, 0.25) is 5.91 Å². The van der Waals surface area contributed by atoms with Crippen LogP contribution < -0.4 is 5.56 Å². The topological polar surface area (TPSA) is 83.4 Å². The van der Waals surface area contributed by atoms with Crippen molar-refractivity contribution in [2.45, 2.75) is 11.7 Å². The lowest BCUT2D eigenvalue weighted by Gasteiger charge is -2.17. The molecule has 8 heteroatoms. The Morgan fingerprint density at radius 2 is 1.76 bits per heavy atom. The SMILES string of the molecule is CN(Cc1ccccc1)C(=O)CSc1nc(-c2ccccc2)nc2cc(=O)[nH]n12. The molecule has 0 saturated heterocycles. The number of amides is 1. The Hall–Kier alpha value is -3.39. The monoisotopic (exact) mass is 405 g/mol. The fraction of sp³-hybridized carbons (Fsp3) is 0.143. The number of hydrogen-bond donors (Lipinski definition) is 1. The summed E-state index contributed by atoms with van der Waals surface area (Å²) in [5.41, 5.74) is 2.12. The number of aromatic nitrogens is 4. The maximum atomic E-state index is 12.6. The van der Waals surface area contributed by atoms with E-state index >= 15 is 0 Å². The van der Waals surface area contributed by atoms with E-state index in [4.69, 9.17) is 0 Å². The van der Waals surface area contributed by atoms with Crippen molar-refractivity contribution in [1.82, 2.24) is 24.5 Å². The number of rotatable bonds is 6. The predicted molar refractivity (Wildman–Crippen MR) is 113 cm³/mol. The fourth-order valence-corrected chi connectivity index (χ4v) is 3.77. The van der Waals surface area contributed by atoms with Crippen molar-refractivity contribution >= 4 is 23.3 Å². The van der Waals surface area contributed by atoms with Gasteiger partial charge >= 0.3 is 0 Å². The molecule has 7 nitrogen and oxygen atoms in total. The Kier molecular flexibility index (Phi) is 5.44. The molecule has 2 heterocycles. The number of thioether (sulfide) groups is 1. The summed E-state index contributed by atoms with van der Waals surface area (Å²) in [5.74, 6) is 0.683. The lowest BCUT2D eigenvalue weighted by atomic mass is 10.2. The molecular formula is C21H19N5O2S. The van der Waals surface area contributed by atoms with Crippen molar-refractivity contribution in [1.29, 1.82) is 0 Å². The first-order valence-electron chi connectivity index (χ1n) is 9.06. The lowest BCUT2D eigenvalue weighted by Crippen LogP contribution is -2.28. The maximum absolute atomic E-state index is 12.6. The molecule has 0 unspecified atom stereocenters. The number of nitrogens with zero attached hydrogens (tertiary/aromatic N) is 4. The van der Waals surface area contributed by atoms with Gasteiger partial charge in [0.15, 0.2) is 16.6 Å². The normalized spacial score (nSPS) is 10.9. The van der Waals surface area contributed by atoms with Gasteiger partial charge in [-0.1, -0.05) is 72.4 Å². The zero-order valence-corrected chi connectivity index (χ0v) is 16.6. The molecule has 1 N–H and O–H groups in total. The summed E-state index contributed by atoms with van der Waals surface area (Å²) in [6, 6.07) is 20.8. The minimum atomic E-state index is -0.265. The summed E-state index contributed by atoms with van der Waals surface area (Å²) >= 11 is 1.27. The quantitative estimate of drug-likeness (QED) is 0.499. The van der Waals surface area contributed by atoms with Crippen LogP contribution in [-0.2, 0) is 11.3 Å². The third-order valence-electron chi connectivity index (χ3n) is 4.37. The predicted octanol–water partition coefficient (Wildman–Crippen LogP) is 2.84. The average molecular weight is 405 g/mol. The maximum Gasteiger partial charge on any atom is 0.266 e. The number of carbonyl (C=O) groups excluding carboxylic acids is 1. The van der Waals surface area contributed by atoms with Gasteiger partial charge in [-0.25, -0.2) is 14.5 Å². The molecule has 2 aromatic heterocycles. The summed E-state index contributed by atoms with van der Waals surface area (Å²) in [4.78, 5) is 35.1. The minimum Gasteiger partial charge on any atom is -0.341 e. The van der Waals surface area contributed by atoms with Gasteiger partial charge < -0.3 is 4.90 Å². The molecule has 0 saturated carbocycles. The Bertz CT molecular complexity index is 1190. The molecule has 0 aliphatic carbocycles. The molecule has 0 aliphatic rings. The Morgan fingerprint density at radius 1 is 1.07 bits per heavy atom. The second kappa shape index (κ2) is 8.32. The number of fused-ring (bicyclic) bond motifs is 1. The van der Waals surface area contributed by atoms with E-state index in [1.807, 2.05) is 60.7 Å². The molecule has 0 fully saturated rings. The summed E-state index contributed by atoms with van der Waals surface area (Å²) < 4.78 is 1.52. The molecule has 0 spiro atoms. The van der Waals surface area contributed by atoms with E-state index in [9.17, 15) is 9.59 Å². The van der Waals surface area contributed by atoms with E-state index in [0.717, 1.165) is 11.1 Å². The van der Waals surface area contributed by atoms with E-state index in [2.05, 4.69) is 15.1 Å². The number of hydrogen-bond acceptors (Lipinski definition) is 5. The number of benzene rings is 2. The lowest BCUT2D eigenvalue weighted by molar-refractivity contribution is -0.127. The number of aromatic amines is 1. The first-order valence-corrected chi connectivity index (χ1v) is 10.0. The van der Waals surface area contributed by atoms with Crippen molar-refractivity contribution < 1.29 is 4.79 Å². The molecular weight excluding hydrogens is 386 g/mol. The van der Waals surface area contributed by atoms with Crippen LogP contribution in [0.1, 0.15) is 5.56 Å². The second-order valence-electron chi connectivity index (χ2n) is 6.53. The van der Waals surface area contributed by atoms with Gasteiger partial charge in [-0.15, -0.1) is 0 Å². The van der Waals surface area contributed by atoms with Crippen LogP contribution in [0, 0.1) is 0 Å². The standard InChI is InChI=1S/C21H19N5O2S/c1-25(13-15-8-4-2-5-9-15)19(28)14-29-21-23-20(16-10-6-3-7-11-16)22-17-12-18(27)24-26(17)21/h2-12H,13-14H2,1H3,(H,24,27). The highest BCUT2D eigenvalue weighted by molar-refractivity contribution is 7.99. The number of nitrogens with one attached hydrogen (secondary N) is 1. The van der Waals surface area contributed by atoms with Gasteiger partial charge in [0, 0.05) is 25.2 Å². The van der Waals surface area contributed by atoms with Crippen molar-refractivity contribution in [2.75, 3.05) is 12.8 Å². The largest absolute Gasteiger partial charge is 0.341 e. The Morgan fingerprint density at radius 3 is 2.48 bits per heavy atom. The van der Waals surface area contributed by atoms with Crippen LogP contribution in [0.4, 0.5) is 0 Å². The molecule has 0 radical (unpaired) electrons. The van der Waals surface area contributed by atoms with Gasteiger partial charge in [-0.2, -0.15) is 0 Å². The van der Waals surface area contributed by atoms with Crippen LogP contribution in [0.3, 0.4) is 0 Å². The number of carbonyl (C=O) groups is 1. The molecule has 146 valence electrons. The first-order chi connectivity index (χ1) is 14.1. The fourth-order valence-electron chi connectivity index (χ4n) is 2.88. The van der Waals surface area contributed by atoms with Crippen LogP contribution in [0.5, 0.6) is 0 Å². The molecule has 2 aromatic carbocycles. The molecule has 4 aromatic rings. The highest BCUT2D eigenvalue weighted by Crippen LogP contribution is 2.21. The second-order valence-corrected chi connectivity index (χ2v) is 7.48. The van der Waals surface area contributed by atoms with Crippen LogP contribution >= 0.6 is 11.8 Å². The Labute approximate surface area is 171 Å². The van der Waals surface area contributed by atoms with E-state index < -0.39 is 0 Å². The van der Waals surface area contributed by atoms with Gasteiger partial charge in [-0.05, 0) is 5.56 Å². The molecule has 0 aliphatic heterocycles. The highest BCUT2D eigenvalue weighted by Gasteiger charge is 2.15. The number of H-pyrrole nitrogens is 1. The zero-order valence-electron chi connectivity index (χ0n) is 15.8. The van der Waals surface area contributed by atoms with Gasteiger partial charge in [0.1, 0.15) is 0 Å². The third kappa shape index (κ3) is 4.38. The van der Waals surface area contributed by atoms with E-state index in [0.29, 0.717) is 23.2 Å². The molecule has 4 rings (SSSR count). The van der Waals surface area contributed by atoms with Gasteiger partial charge in [-0.3, -0.25) is 14.7 Å². The van der Waals surface area contributed by atoms with E-state index in [-0.39, 0.29) is 17.2 Å². The van der Waals surface area contributed by atoms with Crippen LogP contribution in [0.25, 0.3) is 17.0 Å². The average Bonchev–Trinajstić information content (AvgIpc) is 3.13. The van der Waals surface area contributed by atoms with Crippen molar-refractivity contribution in [3.63, 3.8) is 0 Å². The van der Waals surface area contributed by atoms with Crippen LogP contribution in [0.15, 0.2) is 76.7 Å². The zero-order chi connectivity index (χ0) is 20.2. The van der Waals surface area contributed by atoms with Crippen molar-refractivity contribution in [3.05, 3.63) is 82.6 Å². The summed E-state index contributed by atoms with van der Waals surface area (Å²) in [6.07, 6.45) is 0. The molecule has 29 heavy (non-hydrogen) atoms. The van der Waals surface area contributed by atoms with E-state index in [1.54, 1.807) is 11.9 Å². The molecule has 0 bridgehead atoms. The first kappa shape index (κ1) is 18.9. The van der Waals surface area contributed by atoms with Crippen LogP contribution in [0.2, 0.25) is 0 Å². The van der Waals surface area contributed by atoms with Gasteiger partial charge in [0.05, 0.1) is 5.75 Å².